The van der Waals surface area contributed by atoms with Gasteiger partial charge >= 0.3 is 0 Å². The topological polar surface area (TPSA) is 65.8 Å². The van der Waals surface area contributed by atoms with Crippen molar-refractivity contribution in [3.63, 3.8) is 0 Å². The van der Waals surface area contributed by atoms with Crippen LogP contribution in [0.1, 0.15) is 31.9 Å². The van der Waals surface area contributed by atoms with Gasteiger partial charge in [0.15, 0.2) is 5.96 Å². The van der Waals surface area contributed by atoms with Crippen LogP contribution in [-0.2, 0) is 17.9 Å². The Morgan fingerprint density at radius 3 is 2.45 bits per heavy atom. The summed E-state index contributed by atoms with van der Waals surface area (Å²) < 4.78 is 1.92. The van der Waals surface area contributed by atoms with Crippen LogP contribution in [0.5, 0.6) is 0 Å². The predicted octanol–water partition coefficient (Wildman–Crippen LogP) is 2.82. The minimum absolute atomic E-state index is 0. The van der Waals surface area contributed by atoms with Crippen LogP contribution in [0, 0.1) is 0 Å². The highest BCUT2D eigenvalue weighted by Crippen LogP contribution is 2.05. The fraction of sp³-hybridized carbons (Fsp3) is 0.476. The number of hydrogen-bond donors (Lipinski definition) is 1. The Hall–Kier alpha value is -2.10. The highest BCUT2D eigenvalue weighted by Gasteiger charge is 2.15. The predicted molar refractivity (Wildman–Crippen MR) is 129 cm³/mol. The van der Waals surface area contributed by atoms with E-state index < -0.39 is 0 Å². The summed E-state index contributed by atoms with van der Waals surface area (Å²) >= 11 is 0. The van der Waals surface area contributed by atoms with Crippen molar-refractivity contribution in [1.29, 1.82) is 0 Å². The first-order chi connectivity index (χ1) is 13.6. The SMILES string of the molecule is CCNC(=NCc1cnn(Cc2ccccc2)c1)N(C)CC(=O)N(CC)CC.I. The van der Waals surface area contributed by atoms with Crippen LogP contribution >= 0.6 is 24.0 Å². The van der Waals surface area contributed by atoms with Crippen LogP contribution in [0.25, 0.3) is 0 Å². The Kier molecular flexibility index (Phi) is 11.3. The average Bonchev–Trinajstić information content (AvgIpc) is 3.14. The summed E-state index contributed by atoms with van der Waals surface area (Å²) in [4.78, 5) is 20.7. The Morgan fingerprint density at radius 2 is 1.83 bits per heavy atom. The highest BCUT2D eigenvalue weighted by atomic mass is 127. The van der Waals surface area contributed by atoms with Gasteiger partial charge in [0.2, 0.25) is 5.91 Å². The third kappa shape index (κ3) is 8.04. The summed E-state index contributed by atoms with van der Waals surface area (Å²) in [5.41, 5.74) is 2.25. The number of carbonyl (C=O) groups is 1. The third-order valence-electron chi connectivity index (χ3n) is 4.47. The molecule has 1 N–H and O–H groups in total. The molecule has 0 aliphatic rings. The molecule has 2 rings (SSSR count). The molecule has 0 spiro atoms. The van der Waals surface area contributed by atoms with Gasteiger partial charge in [-0.05, 0) is 26.3 Å². The molecule has 7 nitrogen and oxygen atoms in total. The van der Waals surface area contributed by atoms with Crippen LogP contribution < -0.4 is 5.32 Å². The molecule has 0 unspecified atom stereocenters. The maximum Gasteiger partial charge on any atom is 0.242 e. The van der Waals surface area contributed by atoms with Crippen molar-refractivity contribution in [2.24, 2.45) is 4.99 Å². The smallest absolute Gasteiger partial charge is 0.242 e. The number of halogens is 1. The van der Waals surface area contributed by atoms with Crippen molar-refractivity contribution in [3.05, 3.63) is 53.9 Å². The molecule has 2 aromatic rings. The molecular weight excluding hydrogens is 479 g/mol. The Bertz CT molecular complexity index is 758. The number of benzene rings is 1. The number of aromatic nitrogens is 2. The summed E-state index contributed by atoms with van der Waals surface area (Å²) in [5, 5.41) is 7.68. The molecule has 1 amide bonds. The van der Waals surface area contributed by atoms with E-state index in [0.29, 0.717) is 13.1 Å². The summed E-state index contributed by atoms with van der Waals surface area (Å²) in [7, 11) is 1.89. The summed E-state index contributed by atoms with van der Waals surface area (Å²) in [6.07, 6.45) is 3.86. The second-order valence-corrected chi connectivity index (χ2v) is 6.62. The van der Waals surface area contributed by atoms with E-state index in [1.54, 1.807) is 0 Å². The zero-order chi connectivity index (χ0) is 20.4. The first-order valence-corrected chi connectivity index (χ1v) is 9.89. The van der Waals surface area contributed by atoms with Gasteiger partial charge in [0.05, 0.1) is 25.8 Å². The lowest BCUT2D eigenvalue weighted by atomic mass is 10.2. The molecule has 0 bridgehead atoms. The first-order valence-electron chi connectivity index (χ1n) is 9.89. The maximum atomic E-state index is 12.4. The van der Waals surface area contributed by atoms with E-state index in [4.69, 9.17) is 0 Å². The van der Waals surface area contributed by atoms with Gasteiger partial charge in [-0.25, -0.2) is 4.99 Å². The fourth-order valence-corrected chi connectivity index (χ4v) is 2.93. The van der Waals surface area contributed by atoms with Gasteiger partial charge in [-0.15, -0.1) is 24.0 Å². The second-order valence-electron chi connectivity index (χ2n) is 6.62. The molecule has 1 aromatic carbocycles. The summed E-state index contributed by atoms with van der Waals surface area (Å²) in [5.74, 6) is 0.826. The second kappa shape index (κ2) is 13.2. The molecule has 29 heavy (non-hydrogen) atoms. The van der Waals surface area contributed by atoms with Crippen LogP contribution in [0.3, 0.4) is 0 Å². The lowest BCUT2D eigenvalue weighted by Crippen LogP contribution is -2.45. The number of nitrogens with one attached hydrogen (secondary N) is 1. The Balaban J connectivity index is 0.00000420. The number of nitrogens with zero attached hydrogens (tertiary/aromatic N) is 5. The van der Waals surface area contributed by atoms with Crippen molar-refractivity contribution in [2.45, 2.75) is 33.9 Å². The van der Waals surface area contributed by atoms with Gasteiger partial charge in [-0.3, -0.25) is 9.48 Å². The molecule has 1 aromatic heterocycles. The van der Waals surface area contributed by atoms with E-state index >= 15 is 0 Å². The molecule has 8 heteroatoms. The zero-order valence-corrected chi connectivity index (χ0v) is 20.2. The monoisotopic (exact) mass is 512 g/mol. The molecule has 0 aliphatic carbocycles. The van der Waals surface area contributed by atoms with E-state index in [1.165, 1.54) is 5.56 Å². The standard InChI is InChI=1S/C21H32N6O.HI/c1-5-22-21(25(4)17-20(28)26(6-2)7-3)23-13-19-14-24-27(16-19)15-18-11-9-8-10-12-18;/h8-12,14,16H,5-7,13,15,17H2,1-4H3,(H,22,23);1H. The van der Waals surface area contributed by atoms with E-state index in [1.807, 2.05) is 72.9 Å². The number of hydrogen-bond acceptors (Lipinski definition) is 3. The van der Waals surface area contributed by atoms with Crippen LogP contribution in [0.4, 0.5) is 0 Å². The average molecular weight is 512 g/mol. The molecular formula is C21H33IN6O. The molecule has 0 atom stereocenters. The maximum absolute atomic E-state index is 12.4. The Labute approximate surface area is 191 Å². The van der Waals surface area contributed by atoms with Crippen molar-refractivity contribution in [2.75, 3.05) is 33.2 Å². The zero-order valence-electron chi connectivity index (χ0n) is 17.8. The van der Waals surface area contributed by atoms with E-state index in [2.05, 4.69) is 27.5 Å². The quantitative estimate of drug-likeness (QED) is 0.319. The number of guanidine groups is 1. The van der Waals surface area contributed by atoms with E-state index in [9.17, 15) is 4.79 Å². The number of likely N-dealkylation sites (N-methyl/N-ethyl adjacent to an activating group) is 2. The number of rotatable bonds is 9. The van der Waals surface area contributed by atoms with Gasteiger partial charge in [-0.2, -0.15) is 5.10 Å². The lowest BCUT2D eigenvalue weighted by molar-refractivity contribution is -0.131. The van der Waals surface area contributed by atoms with Crippen LogP contribution in [0.15, 0.2) is 47.7 Å². The van der Waals surface area contributed by atoms with Gasteiger partial charge in [0.25, 0.3) is 0 Å². The Morgan fingerprint density at radius 1 is 1.14 bits per heavy atom. The number of carbonyl (C=O) groups excluding carboxylic acids is 1. The molecule has 0 saturated carbocycles. The lowest BCUT2D eigenvalue weighted by Gasteiger charge is -2.25. The van der Waals surface area contributed by atoms with Gasteiger partial charge < -0.3 is 15.1 Å². The van der Waals surface area contributed by atoms with Crippen molar-refractivity contribution < 1.29 is 4.79 Å². The normalized spacial score (nSPS) is 11.0. The number of aliphatic imine (C=N–C) groups is 1. The highest BCUT2D eigenvalue weighted by molar-refractivity contribution is 14.0. The van der Waals surface area contributed by atoms with Crippen LogP contribution in [-0.4, -0.2) is 64.7 Å². The molecule has 0 aliphatic heterocycles. The van der Waals surface area contributed by atoms with Crippen molar-refractivity contribution in [3.8, 4) is 0 Å². The molecule has 0 saturated heterocycles. The first kappa shape index (κ1) is 24.9. The fourth-order valence-electron chi connectivity index (χ4n) is 2.93. The molecule has 0 radical (unpaired) electrons. The van der Waals surface area contributed by atoms with Crippen LogP contribution in [0.2, 0.25) is 0 Å². The number of amides is 1. The summed E-state index contributed by atoms with van der Waals surface area (Å²) in [6.45, 7) is 9.75. The summed E-state index contributed by atoms with van der Waals surface area (Å²) in [6, 6.07) is 10.2. The van der Waals surface area contributed by atoms with Crippen molar-refractivity contribution in [1.82, 2.24) is 24.9 Å². The largest absolute Gasteiger partial charge is 0.357 e. The van der Waals surface area contributed by atoms with Crippen molar-refractivity contribution >= 4 is 35.8 Å². The third-order valence-corrected chi connectivity index (χ3v) is 4.47. The molecule has 0 fully saturated rings. The van der Waals surface area contributed by atoms with E-state index in [-0.39, 0.29) is 29.9 Å². The minimum atomic E-state index is 0. The van der Waals surface area contributed by atoms with Gasteiger partial charge in [0, 0.05) is 38.4 Å². The van der Waals surface area contributed by atoms with E-state index in [0.717, 1.165) is 37.7 Å². The molecule has 1 heterocycles. The van der Waals surface area contributed by atoms with Gasteiger partial charge in [-0.1, -0.05) is 30.3 Å². The minimum Gasteiger partial charge on any atom is -0.357 e. The molecule has 160 valence electrons. The van der Waals surface area contributed by atoms with Gasteiger partial charge in [0.1, 0.15) is 0 Å².